The van der Waals surface area contributed by atoms with Crippen molar-refractivity contribution in [2.75, 3.05) is 26.7 Å². The fourth-order valence-corrected chi connectivity index (χ4v) is 3.75. The predicted molar refractivity (Wildman–Crippen MR) is 83.9 cm³/mol. The molecule has 0 radical (unpaired) electrons. The molecule has 1 aliphatic rings. The molecule has 0 spiro atoms. The third-order valence-electron chi connectivity index (χ3n) is 4.14. The molecule has 1 rings (SSSR count). The zero-order valence-electron chi connectivity index (χ0n) is 13.4. The molecular formula is C14H31N3O2S. The van der Waals surface area contributed by atoms with Gasteiger partial charge < -0.3 is 5.32 Å². The van der Waals surface area contributed by atoms with E-state index in [0.29, 0.717) is 12.0 Å². The minimum atomic E-state index is -3.33. The number of nitrogens with zero attached hydrogens (tertiary/aromatic N) is 1. The van der Waals surface area contributed by atoms with Crippen LogP contribution in [0.3, 0.4) is 0 Å². The highest BCUT2D eigenvalue weighted by molar-refractivity contribution is 7.87. The molecule has 0 aromatic heterocycles. The summed E-state index contributed by atoms with van der Waals surface area (Å²) in [4.78, 5) is 0. The van der Waals surface area contributed by atoms with Gasteiger partial charge in [-0.15, -0.1) is 0 Å². The maximum absolute atomic E-state index is 12.2. The van der Waals surface area contributed by atoms with E-state index in [1.807, 2.05) is 6.92 Å². The van der Waals surface area contributed by atoms with Gasteiger partial charge in [-0.25, -0.2) is 0 Å². The monoisotopic (exact) mass is 305 g/mol. The first-order chi connectivity index (χ1) is 9.27. The molecule has 1 aliphatic carbocycles. The average molecular weight is 305 g/mol. The van der Waals surface area contributed by atoms with Crippen LogP contribution in [0.15, 0.2) is 0 Å². The van der Waals surface area contributed by atoms with E-state index in [4.69, 9.17) is 0 Å². The van der Waals surface area contributed by atoms with Crippen molar-refractivity contribution in [3.63, 3.8) is 0 Å². The smallest absolute Gasteiger partial charge is 0.279 e. The lowest BCUT2D eigenvalue weighted by Crippen LogP contribution is -2.46. The predicted octanol–water partition coefficient (Wildman–Crippen LogP) is 1.72. The van der Waals surface area contributed by atoms with Gasteiger partial charge in [-0.2, -0.15) is 17.4 Å². The van der Waals surface area contributed by atoms with Crippen LogP contribution in [0.2, 0.25) is 0 Å². The molecule has 0 saturated heterocycles. The third kappa shape index (κ3) is 6.08. The summed E-state index contributed by atoms with van der Waals surface area (Å²) < 4.78 is 28.7. The van der Waals surface area contributed by atoms with E-state index in [0.717, 1.165) is 45.2 Å². The zero-order valence-corrected chi connectivity index (χ0v) is 14.2. The maximum Gasteiger partial charge on any atom is 0.279 e. The Morgan fingerprint density at radius 2 is 1.85 bits per heavy atom. The molecule has 0 heterocycles. The van der Waals surface area contributed by atoms with Gasteiger partial charge in [0.1, 0.15) is 0 Å². The minimum absolute atomic E-state index is 0.101. The summed E-state index contributed by atoms with van der Waals surface area (Å²) in [6.45, 7) is 8.89. The SMILES string of the molecule is CCNCCCN(C)S(=O)(=O)NC1CCC(C)(C)CC1. The van der Waals surface area contributed by atoms with Gasteiger partial charge in [0.2, 0.25) is 0 Å². The Balaban J connectivity index is 2.37. The van der Waals surface area contributed by atoms with Crippen LogP contribution in [0, 0.1) is 5.41 Å². The Hall–Kier alpha value is -0.170. The highest BCUT2D eigenvalue weighted by Gasteiger charge is 2.30. The van der Waals surface area contributed by atoms with Crippen molar-refractivity contribution in [1.82, 2.24) is 14.3 Å². The molecule has 2 N–H and O–H groups in total. The van der Waals surface area contributed by atoms with Crippen molar-refractivity contribution >= 4 is 10.2 Å². The van der Waals surface area contributed by atoms with Crippen LogP contribution in [0.25, 0.3) is 0 Å². The van der Waals surface area contributed by atoms with E-state index >= 15 is 0 Å². The first-order valence-electron chi connectivity index (χ1n) is 7.71. The molecule has 6 heteroatoms. The van der Waals surface area contributed by atoms with Crippen LogP contribution in [-0.4, -0.2) is 45.4 Å². The van der Waals surface area contributed by atoms with Crippen molar-refractivity contribution < 1.29 is 8.42 Å². The molecule has 5 nitrogen and oxygen atoms in total. The van der Waals surface area contributed by atoms with Gasteiger partial charge in [-0.05, 0) is 50.6 Å². The Bertz CT molecular complexity index is 372. The van der Waals surface area contributed by atoms with Crippen LogP contribution >= 0.6 is 0 Å². The Kier molecular flexibility index (Phi) is 6.91. The summed E-state index contributed by atoms with van der Waals surface area (Å²) in [6.07, 6.45) is 4.90. The molecule has 0 unspecified atom stereocenters. The molecule has 1 saturated carbocycles. The van der Waals surface area contributed by atoms with Gasteiger partial charge in [0.25, 0.3) is 10.2 Å². The Morgan fingerprint density at radius 3 is 2.40 bits per heavy atom. The molecule has 0 aliphatic heterocycles. The molecule has 0 aromatic carbocycles. The summed E-state index contributed by atoms with van der Waals surface area (Å²) in [6, 6.07) is 0.101. The number of hydrogen-bond donors (Lipinski definition) is 2. The molecule has 0 atom stereocenters. The quantitative estimate of drug-likeness (QED) is 0.671. The fourth-order valence-electron chi connectivity index (χ4n) is 2.54. The van der Waals surface area contributed by atoms with Crippen molar-refractivity contribution in [3.8, 4) is 0 Å². The lowest BCUT2D eigenvalue weighted by atomic mass is 9.76. The van der Waals surface area contributed by atoms with E-state index in [-0.39, 0.29) is 6.04 Å². The second-order valence-corrected chi connectivity index (χ2v) is 8.40. The highest BCUT2D eigenvalue weighted by Crippen LogP contribution is 2.35. The minimum Gasteiger partial charge on any atom is -0.317 e. The summed E-state index contributed by atoms with van der Waals surface area (Å²) in [7, 11) is -1.68. The normalized spacial score (nSPS) is 20.4. The number of rotatable bonds is 8. The zero-order chi connectivity index (χ0) is 15.2. The standard InChI is InChI=1S/C14H31N3O2S/c1-5-15-11-6-12-17(4)20(18,19)16-13-7-9-14(2,3)10-8-13/h13,15-16H,5-12H2,1-4H3. The van der Waals surface area contributed by atoms with E-state index in [1.165, 1.54) is 4.31 Å². The molecule has 120 valence electrons. The number of hydrogen-bond acceptors (Lipinski definition) is 3. The average Bonchev–Trinajstić information content (AvgIpc) is 2.37. The fraction of sp³-hybridized carbons (Fsp3) is 1.00. The molecule has 20 heavy (non-hydrogen) atoms. The van der Waals surface area contributed by atoms with Crippen LogP contribution < -0.4 is 10.0 Å². The second kappa shape index (κ2) is 7.73. The molecule has 0 aromatic rings. The Labute approximate surface area is 124 Å². The second-order valence-electron chi connectivity index (χ2n) is 6.59. The summed E-state index contributed by atoms with van der Waals surface area (Å²) in [5.74, 6) is 0. The summed E-state index contributed by atoms with van der Waals surface area (Å²) in [5.41, 5.74) is 0.361. The van der Waals surface area contributed by atoms with Crippen molar-refractivity contribution in [2.45, 2.75) is 58.9 Å². The van der Waals surface area contributed by atoms with Crippen molar-refractivity contribution in [3.05, 3.63) is 0 Å². The maximum atomic E-state index is 12.2. The first kappa shape index (κ1) is 17.9. The van der Waals surface area contributed by atoms with Crippen LogP contribution in [0.1, 0.15) is 52.9 Å². The van der Waals surface area contributed by atoms with Gasteiger partial charge in [-0.1, -0.05) is 20.8 Å². The van der Waals surface area contributed by atoms with E-state index in [9.17, 15) is 8.42 Å². The van der Waals surface area contributed by atoms with Gasteiger partial charge in [-0.3, -0.25) is 0 Å². The topological polar surface area (TPSA) is 61.4 Å². The largest absolute Gasteiger partial charge is 0.317 e. The third-order valence-corrected chi connectivity index (χ3v) is 5.78. The van der Waals surface area contributed by atoms with Crippen LogP contribution in [0.5, 0.6) is 0 Å². The van der Waals surface area contributed by atoms with Crippen molar-refractivity contribution in [1.29, 1.82) is 0 Å². The van der Waals surface area contributed by atoms with Gasteiger partial charge in [0.15, 0.2) is 0 Å². The first-order valence-corrected chi connectivity index (χ1v) is 9.15. The highest BCUT2D eigenvalue weighted by atomic mass is 32.2. The molecule has 0 bridgehead atoms. The van der Waals surface area contributed by atoms with E-state index < -0.39 is 10.2 Å². The van der Waals surface area contributed by atoms with Crippen LogP contribution in [0.4, 0.5) is 0 Å². The molecule has 1 fully saturated rings. The van der Waals surface area contributed by atoms with Crippen molar-refractivity contribution in [2.24, 2.45) is 5.41 Å². The van der Waals surface area contributed by atoms with E-state index in [1.54, 1.807) is 7.05 Å². The summed E-state index contributed by atoms with van der Waals surface area (Å²) >= 11 is 0. The van der Waals surface area contributed by atoms with E-state index in [2.05, 4.69) is 23.9 Å². The lowest BCUT2D eigenvalue weighted by molar-refractivity contribution is 0.217. The summed E-state index contributed by atoms with van der Waals surface area (Å²) in [5, 5.41) is 3.20. The van der Waals surface area contributed by atoms with Gasteiger partial charge in [0.05, 0.1) is 0 Å². The Morgan fingerprint density at radius 1 is 1.25 bits per heavy atom. The van der Waals surface area contributed by atoms with Crippen LogP contribution in [-0.2, 0) is 10.2 Å². The van der Waals surface area contributed by atoms with Gasteiger partial charge >= 0.3 is 0 Å². The molecular weight excluding hydrogens is 274 g/mol. The van der Waals surface area contributed by atoms with Gasteiger partial charge in [0, 0.05) is 19.6 Å². The number of nitrogens with one attached hydrogen (secondary N) is 2. The lowest BCUT2D eigenvalue weighted by Gasteiger charge is -2.35. The molecule has 0 amide bonds.